The molecule has 0 aliphatic rings. The minimum atomic E-state index is -6.00. The maximum atomic E-state index is 12.1. The topological polar surface area (TPSA) is 69.4 Å². The predicted octanol–water partition coefficient (Wildman–Crippen LogP) is 4.20. The fourth-order valence-electron chi connectivity index (χ4n) is 2.06. The molecule has 12 heteroatoms. The highest BCUT2D eigenvalue weighted by molar-refractivity contribution is 7.98. The minimum Gasteiger partial charge on any atom is -0.422 e. The van der Waals surface area contributed by atoms with E-state index in [-0.39, 0.29) is 35.3 Å². The third-order valence-corrected chi connectivity index (χ3v) is 4.29. The van der Waals surface area contributed by atoms with Gasteiger partial charge in [-0.05, 0) is 11.2 Å². The van der Waals surface area contributed by atoms with Gasteiger partial charge in [-0.3, -0.25) is 9.59 Å². The molecule has 0 unspecified atom stereocenters. The summed E-state index contributed by atoms with van der Waals surface area (Å²) < 4.78 is 51.8. The number of thioether (sulfide) groups is 1. The van der Waals surface area contributed by atoms with Gasteiger partial charge in [0.1, 0.15) is 5.52 Å². The number of benzene rings is 1. The van der Waals surface area contributed by atoms with E-state index >= 15 is 0 Å². The Kier molecular flexibility index (Phi) is 9.07. The molecule has 0 aliphatic heterocycles. The van der Waals surface area contributed by atoms with Gasteiger partial charge >= 0.3 is 19.2 Å². The lowest BCUT2D eigenvalue weighted by atomic mass is 10.2. The fraction of sp³-hybridized carbons (Fsp3) is 0.444. The Morgan fingerprint density at radius 2 is 1.43 bits per heavy atom. The number of carbonyl (C=O) groups is 2. The molecule has 1 aromatic heterocycles. The Labute approximate surface area is 176 Å². The SMILES string of the molecule is CSc1nc[n+](C)c2cc(OC(=O)C(C)C)c(OC(=O)C(C)C)cc12.F[B-](F)(F)F. The molecular weight excluding hydrogens is 427 g/mol. The Morgan fingerprint density at radius 3 is 1.83 bits per heavy atom. The van der Waals surface area contributed by atoms with Crippen molar-refractivity contribution < 1.29 is 40.9 Å². The van der Waals surface area contributed by atoms with Gasteiger partial charge in [0, 0.05) is 12.1 Å². The first kappa shape index (κ1) is 25.7. The lowest BCUT2D eigenvalue weighted by molar-refractivity contribution is -0.648. The molecule has 0 fully saturated rings. The number of aromatic nitrogens is 2. The summed E-state index contributed by atoms with van der Waals surface area (Å²) in [4.78, 5) is 28.5. The van der Waals surface area contributed by atoms with E-state index in [9.17, 15) is 26.9 Å². The van der Waals surface area contributed by atoms with Crippen LogP contribution in [-0.2, 0) is 16.6 Å². The normalized spacial score (nSPS) is 11.3. The van der Waals surface area contributed by atoms with Gasteiger partial charge in [0.15, 0.2) is 11.5 Å². The van der Waals surface area contributed by atoms with Crippen LogP contribution in [0.15, 0.2) is 23.5 Å². The van der Waals surface area contributed by atoms with Crippen molar-refractivity contribution in [1.82, 2.24) is 4.98 Å². The highest BCUT2D eigenvalue weighted by Crippen LogP contribution is 2.35. The molecule has 0 bridgehead atoms. The Balaban J connectivity index is 0.000000804. The largest absolute Gasteiger partial charge is 0.673 e. The van der Waals surface area contributed by atoms with Crippen molar-refractivity contribution in [3.63, 3.8) is 0 Å². The van der Waals surface area contributed by atoms with Crippen LogP contribution in [0.5, 0.6) is 11.5 Å². The first-order valence-electron chi connectivity index (χ1n) is 8.91. The molecule has 0 spiro atoms. The summed E-state index contributed by atoms with van der Waals surface area (Å²) in [7, 11) is -4.15. The van der Waals surface area contributed by atoms with Gasteiger partial charge in [-0.1, -0.05) is 39.5 Å². The average Bonchev–Trinajstić information content (AvgIpc) is 2.61. The van der Waals surface area contributed by atoms with Crippen LogP contribution in [0.3, 0.4) is 0 Å². The zero-order chi connectivity index (χ0) is 23.2. The van der Waals surface area contributed by atoms with Gasteiger partial charge in [0.2, 0.25) is 5.03 Å². The Morgan fingerprint density at radius 1 is 1.00 bits per heavy atom. The monoisotopic (exact) mass is 450 g/mol. The van der Waals surface area contributed by atoms with Gasteiger partial charge in [-0.15, -0.1) is 0 Å². The third-order valence-electron chi connectivity index (χ3n) is 3.58. The third kappa shape index (κ3) is 7.81. The van der Waals surface area contributed by atoms with Gasteiger partial charge in [-0.25, -0.2) is 4.57 Å². The molecule has 166 valence electrons. The van der Waals surface area contributed by atoms with Crippen molar-refractivity contribution in [1.29, 1.82) is 0 Å². The van der Waals surface area contributed by atoms with Crippen molar-refractivity contribution >= 4 is 41.9 Å². The number of halogens is 4. The lowest BCUT2D eigenvalue weighted by Crippen LogP contribution is -2.29. The summed E-state index contributed by atoms with van der Waals surface area (Å²) in [6, 6.07) is 3.41. The lowest BCUT2D eigenvalue weighted by Gasteiger charge is -2.14. The molecule has 1 aromatic carbocycles. The van der Waals surface area contributed by atoms with Gasteiger partial charge in [-0.2, -0.15) is 0 Å². The number of hydrogen-bond acceptors (Lipinski definition) is 6. The minimum absolute atomic E-state index is 0.225. The summed E-state index contributed by atoms with van der Waals surface area (Å²) >= 11 is 1.49. The van der Waals surface area contributed by atoms with Crippen molar-refractivity contribution in [2.45, 2.75) is 32.7 Å². The highest BCUT2D eigenvalue weighted by Gasteiger charge is 2.22. The number of esters is 2. The molecule has 2 aromatic rings. The second-order valence-electron chi connectivity index (χ2n) is 6.83. The smallest absolute Gasteiger partial charge is 0.422 e. The van der Waals surface area contributed by atoms with Crippen LogP contribution >= 0.6 is 11.8 Å². The summed E-state index contributed by atoms with van der Waals surface area (Å²) in [5, 5.41) is 1.63. The van der Waals surface area contributed by atoms with Crippen molar-refractivity contribution in [2.24, 2.45) is 18.9 Å². The van der Waals surface area contributed by atoms with E-state index in [1.54, 1.807) is 46.2 Å². The number of aryl methyl sites for hydroxylation is 1. The van der Waals surface area contributed by atoms with E-state index in [0.29, 0.717) is 0 Å². The molecule has 1 heterocycles. The first-order valence-corrected chi connectivity index (χ1v) is 10.1. The van der Waals surface area contributed by atoms with Gasteiger partial charge in [0.05, 0.1) is 24.3 Å². The van der Waals surface area contributed by atoms with Crippen LogP contribution in [-0.4, -0.2) is 30.4 Å². The molecule has 0 atom stereocenters. The molecule has 0 radical (unpaired) electrons. The fourth-order valence-corrected chi connectivity index (χ4v) is 2.59. The van der Waals surface area contributed by atoms with Crippen LogP contribution in [0.1, 0.15) is 27.7 Å². The maximum Gasteiger partial charge on any atom is 0.673 e. The molecule has 0 N–H and O–H groups in total. The summed E-state index contributed by atoms with van der Waals surface area (Å²) in [5.41, 5.74) is 0.829. The Bertz CT molecular complexity index is 917. The summed E-state index contributed by atoms with van der Waals surface area (Å²) in [6.07, 6.45) is 3.62. The molecule has 0 saturated carbocycles. The number of carbonyl (C=O) groups excluding carboxylic acids is 2. The average molecular weight is 450 g/mol. The molecule has 6 nitrogen and oxygen atoms in total. The summed E-state index contributed by atoms with van der Waals surface area (Å²) in [6.45, 7) is 6.99. The number of nitrogens with zero attached hydrogens (tertiary/aromatic N) is 2. The van der Waals surface area contributed by atoms with Gasteiger partial charge in [0.25, 0.3) is 6.33 Å². The van der Waals surface area contributed by atoms with Gasteiger partial charge < -0.3 is 26.7 Å². The van der Waals surface area contributed by atoms with Crippen molar-refractivity contribution in [3.8, 4) is 11.5 Å². The Hall–Kier alpha value is -2.37. The number of fused-ring (bicyclic) bond motifs is 1. The molecule has 0 saturated heterocycles. The zero-order valence-electron chi connectivity index (χ0n) is 17.4. The summed E-state index contributed by atoms with van der Waals surface area (Å²) in [5.74, 6) is -0.910. The van der Waals surface area contributed by atoms with Crippen LogP contribution in [0.4, 0.5) is 17.3 Å². The van der Waals surface area contributed by atoms with E-state index < -0.39 is 7.25 Å². The van der Waals surface area contributed by atoms with Crippen LogP contribution in [0.2, 0.25) is 0 Å². The molecule has 0 amide bonds. The van der Waals surface area contributed by atoms with Crippen molar-refractivity contribution in [3.05, 3.63) is 18.5 Å². The van der Waals surface area contributed by atoms with Crippen LogP contribution in [0.25, 0.3) is 10.9 Å². The van der Waals surface area contributed by atoms with E-state index in [0.717, 1.165) is 15.9 Å². The molecular formula is C18H23BF4N2O4S. The van der Waals surface area contributed by atoms with Crippen LogP contribution in [0, 0.1) is 11.8 Å². The highest BCUT2D eigenvalue weighted by atomic mass is 32.2. The second-order valence-corrected chi connectivity index (χ2v) is 7.62. The van der Waals surface area contributed by atoms with E-state index in [4.69, 9.17) is 9.47 Å². The quantitative estimate of drug-likeness (QED) is 0.129. The molecule has 30 heavy (non-hydrogen) atoms. The standard InChI is InChI=1S/C18H23N2O4S.BF4/c1-10(2)17(21)23-14-7-12-13(20(5)9-19-16(12)25-6)8-15(14)24-18(22)11(3)4;2-1(3,4)5/h7-11H,1-6H3;/q+1;-1. The number of hydrogen-bond donors (Lipinski definition) is 0. The van der Waals surface area contributed by atoms with E-state index in [1.807, 2.05) is 17.9 Å². The van der Waals surface area contributed by atoms with Crippen molar-refractivity contribution in [2.75, 3.05) is 6.26 Å². The first-order chi connectivity index (χ1) is 13.7. The maximum absolute atomic E-state index is 12.1. The van der Waals surface area contributed by atoms with E-state index in [1.165, 1.54) is 11.8 Å². The second kappa shape index (κ2) is 10.6. The number of ether oxygens (including phenoxy) is 2. The van der Waals surface area contributed by atoms with E-state index in [2.05, 4.69) is 4.98 Å². The molecule has 0 aliphatic carbocycles. The van der Waals surface area contributed by atoms with Crippen LogP contribution < -0.4 is 14.0 Å². The zero-order valence-corrected chi connectivity index (χ0v) is 18.2. The molecule has 2 rings (SSSR count). The number of rotatable bonds is 5. The predicted molar refractivity (Wildman–Crippen MR) is 106 cm³/mol.